The van der Waals surface area contributed by atoms with E-state index in [1.807, 2.05) is 26.0 Å². The first kappa shape index (κ1) is 19.0. The van der Waals surface area contributed by atoms with Gasteiger partial charge in [0.1, 0.15) is 11.5 Å². The zero-order valence-corrected chi connectivity index (χ0v) is 15.8. The van der Waals surface area contributed by atoms with E-state index in [1.165, 1.54) is 0 Å². The Kier molecular flexibility index (Phi) is 5.24. The Balaban J connectivity index is 2.05. The molecule has 1 aromatic heterocycles. The highest BCUT2D eigenvalue weighted by atomic mass is 16.5. The molecule has 3 rings (SSSR count). The Hall–Kier alpha value is -2.79. The number of nitrogens with zero attached hydrogens (tertiary/aromatic N) is 1. The third kappa shape index (κ3) is 3.69. The minimum atomic E-state index is -0.531. The number of aromatic nitrogens is 1. The van der Waals surface area contributed by atoms with Crippen molar-refractivity contribution in [2.45, 2.75) is 32.3 Å². The van der Waals surface area contributed by atoms with E-state index in [0.29, 0.717) is 23.4 Å². The fourth-order valence-electron chi connectivity index (χ4n) is 3.68. The number of phenolic OH excluding ortho intramolecular Hbond substituents is 2. The van der Waals surface area contributed by atoms with E-state index in [1.54, 1.807) is 31.5 Å². The van der Waals surface area contributed by atoms with Crippen LogP contribution in [0.2, 0.25) is 0 Å². The number of allylic oxidation sites excluding steroid dienone is 2. The van der Waals surface area contributed by atoms with Crippen molar-refractivity contribution >= 4 is 0 Å². The molecule has 0 fully saturated rings. The highest BCUT2D eigenvalue weighted by Gasteiger charge is 2.33. The maximum atomic E-state index is 10.7. The van der Waals surface area contributed by atoms with E-state index in [4.69, 9.17) is 4.74 Å². The molecule has 1 aliphatic rings. The molecule has 2 aromatic rings. The highest BCUT2D eigenvalue weighted by Crippen LogP contribution is 2.47. The van der Waals surface area contributed by atoms with Gasteiger partial charge in [-0.1, -0.05) is 18.2 Å². The minimum absolute atomic E-state index is 0.0116. The average Bonchev–Trinajstić information content (AvgIpc) is 2.63. The number of ether oxygens (including phenoxy) is 1. The Labute approximate surface area is 159 Å². The van der Waals surface area contributed by atoms with Gasteiger partial charge in [0.2, 0.25) is 5.88 Å². The summed E-state index contributed by atoms with van der Waals surface area (Å²) in [6, 6.07) is 6.80. The SMILES string of the molecule is C=C(C)[C@@H]1C[C@H](O)C(C)=C[C@H]1c1c(O)cc(-c2ccc(OC)nc2)cc1O. The van der Waals surface area contributed by atoms with Gasteiger partial charge in [0.25, 0.3) is 0 Å². The lowest BCUT2D eigenvalue weighted by Gasteiger charge is -2.34. The second-order valence-corrected chi connectivity index (χ2v) is 7.16. The number of aliphatic hydroxyl groups is 1. The summed E-state index contributed by atoms with van der Waals surface area (Å²) in [6.07, 6.45) is 3.53. The van der Waals surface area contributed by atoms with Crippen LogP contribution in [-0.2, 0) is 0 Å². The topological polar surface area (TPSA) is 82.8 Å². The summed E-state index contributed by atoms with van der Waals surface area (Å²) >= 11 is 0. The summed E-state index contributed by atoms with van der Waals surface area (Å²) < 4.78 is 5.06. The standard InChI is InChI=1S/C22H25NO4/c1-12(2)16-10-18(24)13(3)7-17(16)22-19(25)8-15(9-20(22)26)14-5-6-21(27-4)23-11-14/h5-9,11,16-18,24-26H,1,10H2,2-4H3/t16-,17+,18-/m0/s1. The monoisotopic (exact) mass is 367 g/mol. The Bertz CT molecular complexity index is 863. The van der Waals surface area contributed by atoms with E-state index in [2.05, 4.69) is 11.6 Å². The van der Waals surface area contributed by atoms with Crippen LogP contribution in [0.25, 0.3) is 11.1 Å². The fourth-order valence-corrected chi connectivity index (χ4v) is 3.68. The molecule has 142 valence electrons. The van der Waals surface area contributed by atoms with Gasteiger partial charge in [0, 0.05) is 29.3 Å². The second kappa shape index (κ2) is 7.45. The molecule has 5 heteroatoms. The van der Waals surface area contributed by atoms with E-state index in [9.17, 15) is 15.3 Å². The zero-order valence-electron chi connectivity index (χ0n) is 15.8. The molecule has 0 amide bonds. The van der Waals surface area contributed by atoms with E-state index in [0.717, 1.165) is 16.7 Å². The van der Waals surface area contributed by atoms with Crippen molar-refractivity contribution in [1.82, 2.24) is 4.98 Å². The third-order valence-corrected chi connectivity index (χ3v) is 5.26. The lowest BCUT2D eigenvalue weighted by atomic mass is 9.72. The number of hydrogen-bond acceptors (Lipinski definition) is 5. The molecule has 1 aliphatic carbocycles. The predicted molar refractivity (Wildman–Crippen MR) is 105 cm³/mol. The van der Waals surface area contributed by atoms with Gasteiger partial charge in [-0.15, -0.1) is 0 Å². The summed E-state index contributed by atoms with van der Waals surface area (Å²) in [5, 5.41) is 31.6. The number of aliphatic hydroxyl groups excluding tert-OH is 1. The summed E-state index contributed by atoms with van der Waals surface area (Å²) in [7, 11) is 1.54. The first-order valence-electron chi connectivity index (χ1n) is 8.90. The van der Waals surface area contributed by atoms with Crippen molar-refractivity contribution in [3.8, 4) is 28.5 Å². The molecular formula is C22H25NO4. The number of benzene rings is 1. The Morgan fingerprint density at radius 1 is 1.19 bits per heavy atom. The third-order valence-electron chi connectivity index (χ3n) is 5.26. The molecule has 5 nitrogen and oxygen atoms in total. The van der Waals surface area contributed by atoms with Crippen molar-refractivity contribution in [2.75, 3.05) is 7.11 Å². The first-order valence-corrected chi connectivity index (χ1v) is 8.90. The Morgan fingerprint density at radius 2 is 1.85 bits per heavy atom. The summed E-state index contributed by atoms with van der Waals surface area (Å²) in [5.41, 5.74) is 3.62. The van der Waals surface area contributed by atoms with Gasteiger partial charge in [0.05, 0.1) is 13.2 Å². The van der Waals surface area contributed by atoms with Crippen molar-refractivity contribution in [3.05, 3.63) is 59.8 Å². The highest BCUT2D eigenvalue weighted by molar-refractivity contribution is 5.69. The van der Waals surface area contributed by atoms with Crippen LogP contribution >= 0.6 is 0 Å². The van der Waals surface area contributed by atoms with Crippen molar-refractivity contribution in [1.29, 1.82) is 0 Å². The van der Waals surface area contributed by atoms with E-state index < -0.39 is 6.10 Å². The van der Waals surface area contributed by atoms with Gasteiger partial charge in [-0.3, -0.25) is 0 Å². The molecule has 0 aliphatic heterocycles. The normalized spacial score (nSPS) is 22.2. The van der Waals surface area contributed by atoms with Crippen molar-refractivity contribution in [2.24, 2.45) is 5.92 Å². The van der Waals surface area contributed by atoms with Crippen LogP contribution in [0.1, 0.15) is 31.7 Å². The summed E-state index contributed by atoms with van der Waals surface area (Å²) in [4.78, 5) is 4.16. The average molecular weight is 367 g/mol. The van der Waals surface area contributed by atoms with Crippen LogP contribution < -0.4 is 4.74 Å². The van der Waals surface area contributed by atoms with Crippen LogP contribution in [0, 0.1) is 5.92 Å². The molecular weight excluding hydrogens is 342 g/mol. The molecule has 0 bridgehead atoms. The molecule has 1 aromatic carbocycles. The Morgan fingerprint density at radius 3 is 2.37 bits per heavy atom. The molecule has 0 radical (unpaired) electrons. The molecule has 0 unspecified atom stereocenters. The molecule has 1 heterocycles. The summed E-state index contributed by atoms with van der Waals surface area (Å²) in [6.45, 7) is 7.80. The van der Waals surface area contributed by atoms with Crippen LogP contribution in [0.4, 0.5) is 0 Å². The largest absolute Gasteiger partial charge is 0.507 e. The van der Waals surface area contributed by atoms with Gasteiger partial charge in [-0.2, -0.15) is 0 Å². The van der Waals surface area contributed by atoms with E-state index >= 15 is 0 Å². The fraction of sp³-hybridized carbons (Fsp3) is 0.318. The second-order valence-electron chi connectivity index (χ2n) is 7.16. The number of pyridine rings is 1. The maximum Gasteiger partial charge on any atom is 0.212 e. The van der Waals surface area contributed by atoms with Crippen LogP contribution in [0.15, 0.2) is 54.3 Å². The predicted octanol–water partition coefficient (Wildman–Crippen LogP) is 4.16. The lowest BCUT2D eigenvalue weighted by molar-refractivity contribution is 0.168. The molecule has 0 saturated heterocycles. The summed E-state index contributed by atoms with van der Waals surface area (Å²) in [5.74, 6) is 0.215. The van der Waals surface area contributed by atoms with Crippen LogP contribution in [-0.4, -0.2) is 33.5 Å². The lowest BCUT2D eigenvalue weighted by Crippen LogP contribution is -2.26. The van der Waals surface area contributed by atoms with Gasteiger partial charge in [0.15, 0.2) is 0 Å². The van der Waals surface area contributed by atoms with E-state index in [-0.39, 0.29) is 23.3 Å². The first-order chi connectivity index (χ1) is 12.8. The number of aromatic hydroxyl groups is 2. The molecule has 0 saturated carbocycles. The molecule has 3 atom stereocenters. The zero-order chi connectivity index (χ0) is 19.7. The minimum Gasteiger partial charge on any atom is -0.507 e. The van der Waals surface area contributed by atoms with Crippen LogP contribution in [0.3, 0.4) is 0 Å². The van der Waals surface area contributed by atoms with Crippen molar-refractivity contribution in [3.63, 3.8) is 0 Å². The quantitative estimate of drug-likeness (QED) is 0.707. The smallest absolute Gasteiger partial charge is 0.212 e. The van der Waals surface area contributed by atoms with Gasteiger partial charge < -0.3 is 20.1 Å². The number of rotatable bonds is 4. The number of phenols is 2. The van der Waals surface area contributed by atoms with Crippen molar-refractivity contribution < 1.29 is 20.1 Å². The number of methoxy groups -OCH3 is 1. The maximum absolute atomic E-state index is 10.7. The molecule has 3 N–H and O–H groups in total. The molecule has 27 heavy (non-hydrogen) atoms. The van der Waals surface area contributed by atoms with Gasteiger partial charge in [-0.05, 0) is 55.5 Å². The number of hydrogen-bond donors (Lipinski definition) is 3. The molecule has 0 spiro atoms. The van der Waals surface area contributed by atoms with Crippen LogP contribution in [0.5, 0.6) is 17.4 Å². The van der Waals surface area contributed by atoms with Gasteiger partial charge >= 0.3 is 0 Å². The van der Waals surface area contributed by atoms with Gasteiger partial charge in [-0.25, -0.2) is 4.98 Å².